The van der Waals surface area contributed by atoms with E-state index < -0.39 is 0 Å². The number of nitrogens with one attached hydrogen (secondary N) is 2. The Kier molecular flexibility index (Phi) is 8.51. The van der Waals surface area contributed by atoms with Crippen molar-refractivity contribution in [1.82, 2.24) is 10.2 Å². The number of hydrogen-bond donors (Lipinski definition) is 2. The van der Waals surface area contributed by atoms with Crippen molar-refractivity contribution in [3.63, 3.8) is 0 Å². The third-order valence-electron chi connectivity index (χ3n) is 4.27. The molecule has 0 bridgehead atoms. The summed E-state index contributed by atoms with van der Waals surface area (Å²) < 4.78 is 0.639. The molecule has 0 fully saturated rings. The summed E-state index contributed by atoms with van der Waals surface area (Å²) in [5.41, 5.74) is 5.30. The number of benzene rings is 2. The van der Waals surface area contributed by atoms with Gasteiger partial charge in [0, 0.05) is 11.4 Å². The van der Waals surface area contributed by atoms with Gasteiger partial charge in [0.15, 0.2) is 4.34 Å². The van der Waals surface area contributed by atoms with E-state index >= 15 is 0 Å². The van der Waals surface area contributed by atoms with E-state index in [-0.39, 0.29) is 17.6 Å². The fourth-order valence-corrected chi connectivity index (χ4v) is 5.35. The number of carbonyl (C=O) groups is 2. The molecule has 1 heterocycles. The fraction of sp³-hybridized carbons (Fsp3) is 0.273. The van der Waals surface area contributed by atoms with Gasteiger partial charge in [0.1, 0.15) is 0 Å². The summed E-state index contributed by atoms with van der Waals surface area (Å²) in [5.74, 6) is 1.13. The monoisotopic (exact) mass is 472 g/mol. The number of aryl methyl sites for hydroxylation is 3. The number of nitrogens with zero attached hydrogens (tertiary/aromatic N) is 2. The molecule has 1 aromatic heterocycles. The first-order chi connectivity index (χ1) is 14.9. The molecule has 9 heteroatoms. The molecule has 0 radical (unpaired) electrons. The van der Waals surface area contributed by atoms with Crippen molar-refractivity contribution >= 4 is 57.5 Å². The molecule has 2 amide bonds. The van der Waals surface area contributed by atoms with Gasteiger partial charge in [-0.3, -0.25) is 14.9 Å². The van der Waals surface area contributed by atoms with Gasteiger partial charge in [-0.25, -0.2) is 0 Å². The molecule has 2 aromatic carbocycles. The highest BCUT2D eigenvalue weighted by molar-refractivity contribution is 8.01. The van der Waals surface area contributed by atoms with E-state index in [1.165, 1.54) is 34.2 Å². The van der Waals surface area contributed by atoms with Crippen molar-refractivity contribution in [2.45, 2.75) is 30.9 Å². The number of aromatic nitrogens is 2. The molecule has 0 aliphatic rings. The molecule has 0 spiro atoms. The van der Waals surface area contributed by atoms with Crippen LogP contribution < -0.4 is 10.6 Å². The highest BCUT2D eigenvalue weighted by atomic mass is 32.2. The van der Waals surface area contributed by atoms with E-state index in [2.05, 4.69) is 20.8 Å². The summed E-state index contributed by atoms with van der Waals surface area (Å²) in [7, 11) is 0. The van der Waals surface area contributed by atoms with Crippen LogP contribution in [0.1, 0.15) is 22.3 Å². The van der Waals surface area contributed by atoms with Gasteiger partial charge in [-0.1, -0.05) is 71.1 Å². The molecule has 0 unspecified atom stereocenters. The van der Waals surface area contributed by atoms with E-state index in [0.29, 0.717) is 15.2 Å². The lowest BCUT2D eigenvalue weighted by Crippen LogP contribution is -2.15. The number of hydrogen-bond acceptors (Lipinski definition) is 7. The Labute approximate surface area is 194 Å². The summed E-state index contributed by atoms with van der Waals surface area (Å²) in [4.78, 5) is 24.5. The van der Waals surface area contributed by atoms with Crippen LogP contribution >= 0.6 is 34.9 Å². The average Bonchev–Trinajstić information content (AvgIpc) is 3.17. The van der Waals surface area contributed by atoms with E-state index in [1.807, 2.05) is 63.2 Å². The van der Waals surface area contributed by atoms with Crippen LogP contribution in [-0.4, -0.2) is 33.5 Å². The van der Waals surface area contributed by atoms with Crippen molar-refractivity contribution in [2.24, 2.45) is 0 Å². The Morgan fingerprint density at radius 3 is 2.32 bits per heavy atom. The van der Waals surface area contributed by atoms with E-state index in [4.69, 9.17) is 0 Å². The van der Waals surface area contributed by atoms with Crippen LogP contribution in [0, 0.1) is 20.8 Å². The molecule has 0 aliphatic carbocycles. The van der Waals surface area contributed by atoms with Crippen molar-refractivity contribution in [1.29, 1.82) is 0 Å². The van der Waals surface area contributed by atoms with Crippen molar-refractivity contribution in [3.8, 4) is 0 Å². The minimum absolute atomic E-state index is 0.0989. The highest BCUT2D eigenvalue weighted by Gasteiger charge is 2.12. The summed E-state index contributed by atoms with van der Waals surface area (Å²) in [6.45, 7) is 6.01. The van der Waals surface area contributed by atoms with Gasteiger partial charge in [-0.05, 0) is 37.5 Å². The smallest absolute Gasteiger partial charge is 0.236 e. The van der Waals surface area contributed by atoms with Gasteiger partial charge in [0.25, 0.3) is 0 Å². The second-order valence-corrected chi connectivity index (χ2v) is 10.2. The predicted molar refractivity (Wildman–Crippen MR) is 131 cm³/mol. The number of amides is 2. The second kappa shape index (κ2) is 11.3. The van der Waals surface area contributed by atoms with Crippen LogP contribution in [0.3, 0.4) is 0 Å². The molecule has 0 atom stereocenters. The normalized spacial score (nSPS) is 10.7. The van der Waals surface area contributed by atoms with Gasteiger partial charge in [-0.2, -0.15) is 0 Å². The van der Waals surface area contributed by atoms with Crippen LogP contribution in [-0.2, 0) is 15.3 Å². The molecular weight excluding hydrogens is 448 g/mol. The minimum atomic E-state index is -0.114. The van der Waals surface area contributed by atoms with Gasteiger partial charge in [0.05, 0.1) is 11.5 Å². The molecule has 0 saturated heterocycles. The third kappa shape index (κ3) is 7.37. The van der Waals surface area contributed by atoms with Crippen LogP contribution in [0.25, 0.3) is 0 Å². The second-order valence-electron chi connectivity index (χ2n) is 7.01. The summed E-state index contributed by atoms with van der Waals surface area (Å²) >= 11 is 4.11. The number of rotatable bonds is 9. The number of thioether (sulfide) groups is 2. The van der Waals surface area contributed by atoms with Crippen LogP contribution in [0.15, 0.2) is 46.8 Å². The lowest BCUT2D eigenvalue weighted by Gasteiger charge is -2.12. The van der Waals surface area contributed by atoms with E-state index in [0.717, 1.165) is 22.6 Å². The third-order valence-corrected chi connectivity index (χ3v) is 7.24. The number of anilines is 2. The van der Waals surface area contributed by atoms with Crippen LogP contribution in [0.2, 0.25) is 0 Å². The first-order valence-electron chi connectivity index (χ1n) is 9.66. The maximum absolute atomic E-state index is 12.3. The molecule has 3 rings (SSSR count). The zero-order valence-electron chi connectivity index (χ0n) is 17.6. The Balaban J connectivity index is 1.42. The van der Waals surface area contributed by atoms with Crippen molar-refractivity contribution < 1.29 is 9.59 Å². The summed E-state index contributed by atoms with van der Waals surface area (Å²) in [5, 5.41) is 14.2. The van der Waals surface area contributed by atoms with Gasteiger partial charge >= 0.3 is 0 Å². The molecule has 2 N–H and O–H groups in total. The number of carbonyl (C=O) groups excluding carboxylic acids is 2. The maximum Gasteiger partial charge on any atom is 0.236 e. The lowest BCUT2D eigenvalue weighted by molar-refractivity contribution is -0.114. The van der Waals surface area contributed by atoms with Crippen molar-refractivity contribution in [3.05, 3.63) is 64.7 Å². The van der Waals surface area contributed by atoms with E-state index in [9.17, 15) is 9.59 Å². The largest absolute Gasteiger partial charge is 0.325 e. The zero-order chi connectivity index (χ0) is 22.2. The Morgan fingerprint density at radius 1 is 0.935 bits per heavy atom. The molecule has 162 valence electrons. The van der Waals surface area contributed by atoms with E-state index in [1.54, 1.807) is 11.8 Å². The first kappa shape index (κ1) is 23.3. The van der Waals surface area contributed by atoms with Crippen LogP contribution in [0.5, 0.6) is 0 Å². The van der Waals surface area contributed by atoms with Gasteiger partial charge < -0.3 is 5.32 Å². The maximum atomic E-state index is 12.3. The standard InChI is InChI=1S/C22H24N4O2S3/c1-14-9-15(2)20(16(3)10-14)23-19(28)13-30-22-26-25-21(31-22)24-18(27)12-29-11-17-7-5-4-6-8-17/h4-10H,11-13H2,1-3H3,(H,23,28)(H,24,25,27). The lowest BCUT2D eigenvalue weighted by atomic mass is 10.1. The van der Waals surface area contributed by atoms with Crippen molar-refractivity contribution in [2.75, 3.05) is 22.1 Å². The quantitative estimate of drug-likeness (QED) is 0.334. The summed E-state index contributed by atoms with van der Waals surface area (Å²) in [6.07, 6.45) is 0. The molecule has 6 nitrogen and oxygen atoms in total. The SMILES string of the molecule is Cc1cc(C)c(NC(=O)CSc2nnc(NC(=O)CSCc3ccccc3)s2)c(C)c1. The molecule has 3 aromatic rings. The predicted octanol–water partition coefficient (Wildman–Crippen LogP) is 5.07. The average molecular weight is 473 g/mol. The Hall–Kier alpha value is -2.36. The van der Waals surface area contributed by atoms with Gasteiger partial charge in [0.2, 0.25) is 16.9 Å². The molecule has 0 aliphatic heterocycles. The summed E-state index contributed by atoms with van der Waals surface area (Å²) in [6, 6.07) is 14.1. The Bertz CT molecular complexity index is 1030. The molecule has 0 saturated carbocycles. The molecule has 31 heavy (non-hydrogen) atoms. The highest BCUT2D eigenvalue weighted by Crippen LogP contribution is 2.27. The fourth-order valence-electron chi connectivity index (χ4n) is 2.99. The van der Waals surface area contributed by atoms with Crippen LogP contribution in [0.4, 0.5) is 10.8 Å². The zero-order valence-corrected chi connectivity index (χ0v) is 20.0. The first-order valence-corrected chi connectivity index (χ1v) is 12.6. The Morgan fingerprint density at radius 2 is 1.61 bits per heavy atom. The minimum Gasteiger partial charge on any atom is -0.325 e. The topological polar surface area (TPSA) is 84.0 Å². The van der Waals surface area contributed by atoms with Gasteiger partial charge in [-0.15, -0.1) is 22.0 Å². The molecular formula is C22H24N4O2S3.